The molecule has 168 valence electrons. The first-order valence-electron chi connectivity index (χ1n) is 11.3. The lowest BCUT2D eigenvalue weighted by Crippen LogP contribution is -2.56. The number of ether oxygens (including phenoxy) is 1. The van der Waals surface area contributed by atoms with Crippen molar-refractivity contribution in [3.05, 3.63) is 71.8 Å². The van der Waals surface area contributed by atoms with Crippen LogP contribution in [0.4, 0.5) is 4.79 Å². The number of carbonyl (C=O) groups is 2. The van der Waals surface area contributed by atoms with Crippen LogP contribution in [-0.2, 0) is 11.3 Å². The highest BCUT2D eigenvalue weighted by Crippen LogP contribution is 2.38. The van der Waals surface area contributed by atoms with Gasteiger partial charge in [-0.1, -0.05) is 54.6 Å². The molecule has 2 saturated heterocycles. The Hall–Kier alpha value is -3.12. The van der Waals surface area contributed by atoms with Crippen LogP contribution in [0.25, 0.3) is 6.08 Å². The summed E-state index contributed by atoms with van der Waals surface area (Å²) in [7, 11) is 1.61. The zero-order valence-corrected chi connectivity index (χ0v) is 18.9. The number of hydrogen-bond donors (Lipinski definition) is 0. The number of piperidine rings is 1. The number of methoxy groups -OCH3 is 1. The number of nitrogens with zero attached hydrogens (tertiary/aromatic N) is 3. The van der Waals surface area contributed by atoms with Crippen LogP contribution >= 0.6 is 0 Å². The summed E-state index contributed by atoms with van der Waals surface area (Å²) >= 11 is 0. The standard InChI is InChI=1S/C26H31N3O3/c1-3-29-25(31)28(20-22-11-7-13-23(19-22)32-2)24(30)26(29)14-17-27(18-15-26)16-8-12-21-9-5-4-6-10-21/h4-13,19H,3,14-18,20H2,1-2H3/b12-8+. The van der Waals surface area contributed by atoms with Gasteiger partial charge in [-0.3, -0.25) is 14.6 Å². The number of benzene rings is 2. The number of urea groups is 1. The fraction of sp³-hybridized carbons (Fsp3) is 0.385. The molecule has 32 heavy (non-hydrogen) atoms. The van der Waals surface area contributed by atoms with E-state index in [1.165, 1.54) is 10.5 Å². The third kappa shape index (κ3) is 4.28. The Bertz CT molecular complexity index is 981. The van der Waals surface area contributed by atoms with Crippen molar-refractivity contribution in [2.24, 2.45) is 0 Å². The molecule has 2 fully saturated rings. The highest BCUT2D eigenvalue weighted by molar-refractivity contribution is 6.07. The average molecular weight is 434 g/mol. The van der Waals surface area contributed by atoms with E-state index in [9.17, 15) is 9.59 Å². The van der Waals surface area contributed by atoms with E-state index in [4.69, 9.17) is 4.74 Å². The predicted octanol–water partition coefficient (Wildman–Crippen LogP) is 4.03. The van der Waals surface area contributed by atoms with Crippen LogP contribution < -0.4 is 4.74 Å². The van der Waals surface area contributed by atoms with Crippen molar-refractivity contribution in [1.29, 1.82) is 0 Å². The second kappa shape index (κ2) is 9.57. The number of amides is 3. The fourth-order valence-corrected chi connectivity index (χ4v) is 4.80. The largest absolute Gasteiger partial charge is 0.497 e. The van der Waals surface area contributed by atoms with E-state index >= 15 is 0 Å². The Morgan fingerprint density at radius 3 is 2.47 bits per heavy atom. The molecule has 0 aromatic heterocycles. The molecule has 1 spiro atoms. The summed E-state index contributed by atoms with van der Waals surface area (Å²) in [5.41, 5.74) is 1.36. The predicted molar refractivity (Wildman–Crippen MR) is 125 cm³/mol. The quantitative estimate of drug-likeness (QED) is 0.619. The smallest absolute Gasteiger partial charge is 0.327 e. The van der Waals surface area contributed by atoms with Crippen molar-refractivity contribution in [3.8, 4) is 5.75 Å². The molecule has 6 heteroatoms. The van der Waals surface area contributed by atoms with Gasteiger partial charge in [-0.2, -0.15) is 0 Å². The number of hydrogen-bond acceptors (Lipinski definition) is 4. The summed E-state index contributed by atoms with van der Waals surface area (Å²) in [4.78, 5) is 32.2. The Balaban J connectivity index is 1.42. The second-order valence-corrected chi connectivity index (χ2v) is 8.41. The summed E-state index contributed by atoms with van der Waals surface area (Å²) in [6, 6.07) is 17.6. The SMILES string of the molecule is CCN1C(=O)N(Cc2cccc(OC)c2)C(=O)C12CCN(C/C=C/c1ccccc1)CC2. The van der Waals surface area contributed by atoms with Gasteiger partial charge in [0.05, 0.1) is 13.7 Å². The van der Waals surface area contributed by atoms with Gasteiger partial charge >= 0.3 is 6.03 Å². The molecule has 2 aliphatic rings. The molecular formula is C26H31N3O3. The molecule has 4 rings (SSSR count). The van der Waals surface area contributed by atoms with Crippen molar-refractivity contribution < 1.29 is 14.3 Å². The maximum atomic E-state index is 13.5. The minimum atomic E-state index is -0.718. The minimum absolute atomic E-state index is 0.0633. The highest BCUT2D eigenvalue weighted by atomic mass is 16.5. The van der Waals surface area contributed by atoms with Crippen molar-refractivity contribution in [2.75, 3.05) is 33.3 Å². The monoisotopic (exact) mass is 433 g/mol. The van der Waals surface area contributed by atoms with Crippen molar-refractivity contribution >= 4 is 18.0 Å². The lowest BCUT2D eigenvalue weighted by atomic mass is 9.85. The molecule has 0 saturated carbocycles. The average Bonchev–Trinajstić information content (AvgIpc) is 3.02. The summed E-state index contributed by atoms with van der Waals surface area (Å²) in [5, 5.41) is 0. The summed E-state index contributed by atoms with van der Waals surface area (Å²) < 4.78 is 5.29. The number of likely N-dealkylation sites (tertiary alicyclic amines) is 1. The Kier molecular flexibility index (Phi) is 6.61. The van der Waals surface area contributed by atoms with Crippen LogP contribution in [0.15, 0.2) is 60.7 Å². The topological polar surface area (TPSA) is 53.1 Å². The maximum Gasteiger partial charge on any atom is 0.327 e. The van der Waals surface area contributed by atoms with E-state index in [1.807, 2.05) is 49.4 Å². The number of imide groups is 1. The van der Waals surface area contributed by atoms with Gasteiger partial charge in [0.15, 0.2) is 0 Å². The van der Waals surface area contributed by atoms with Gasteiger partial charge in [0.1, 0.15) is 11.3 Å². The van der Waals surface area contributed by atoms with E-state index in [0.29, 0.717) is 19.4 Å². The van der Waals surface area contributed by atoms with Crippen molar-refractivity contribution in [2.45, 2.75) is 31.8 Å². The molecule has 2 aliphatic heterocycles. The first-order valence-corrected chi connectivity index (χ1v) is 11.3. The van der Waals surface area contributed by atoms with E-state index in [2.05, 4.69) is 29.2 Å². The Labute approximate surface area is 190 Å². The highest BCUT2D eigenvalue weighted by Gasteiger charge is 2.57. The van der Waals surface area contributed by atoms with Gasteiger partial charge in [-0.05, 0) is 43.0 Å². The van der Waals surface area contributed by atoms with Crippen LogP contribution in [0.2, 0.25) is 0 Å². The van der Waals surface area contributed by atoms with E-state index in [1.54, 1.807) is 12.0 Å². The van der Waals surface area contributed by atoms with Gasteiger partial charge in [-0.15, -0.1) is 0 Å². The first kappa shape index (κ1) is 22.1. The van der Waals surface area contributed by atoms with Crippen LogP contribution in [0.1, 0.15) is 30.9 Å². The van der Waals surface area contributed by atoms with E-state index in [0.717, 1.165) is 30.9 Å². The number of rotatable bonds is 7. The van der Waals surface area contributed by atoms with Crippen LogP contribution in [0, 0.1) is 0 Å². The molecule has 2 heterocycles. The Morgan fingerprint density at radius 2 is 1.78 bits per heavy atom. The molecule has 0 bridgehead atoms. The molecule has 2 aromatic rings. The van der Waals surface area contributed by atoms with E-state index < -0.39 is 5.54 Å². The lowest BCUT2D eigenvalue weighted by Gasteiger charge is -2.41. The van der Waals surface area contributed by atoms with Gasteiger partial charge < -0.3 is 9.64 Å². The normalized spacial score (nSPS) is 18.8. The zero-order valence-electron chi connectivity index (χ0n) is 18.9. The zero-order chi connectivity index (χ0) is 22.6. The molecule has 0 N–H and O–H groups in total. The van der Waals surface area contributed by atoms with Gasteiger partial charge in [0.25, 0.3) is 5.91 Å². The van der Waals surface area contributed by atoms with E-state index in [-0.39, 0.29) is 18.5 Å². The summed E-state index contributed by atoms with van der Waals surface area (Å²) in [6.45, 7) is 5.19. The molecule has 3 amide bonds. The van der Waals surface area contributed by atoms with Crippen LogP contribution in [0.5, 0.6) is 5.75 Å². The van der Waals surface area contributed by atoms with Gasteiger partial charge in [-0.25, -0.2) is 4.79 Å². The molecule has 2 aromatic carbocycles. The third-order valence-corrected chi connectivity index (χ3v) is 6.57. The molecule has 0 radical (unpaired) electrons. The Morgan fingerprint density at radius 1 is 1.03 bits per heavy atom. The molecule has 0 atom stereocenters. The second-order valence-electron chi connectivity index (χ2n) is 8.41. The van der Waals surface area contributed by atoms with Crippen molar-refractivity contribution in [1.82, 2.24) is 14.7 Å². The third-order valence-electron chi connectivity index (χ3n) is 6.57. The lowest BCUT2D eigenvalue weighted by molar-refractivity contribution is -0.135. The fourth-order valence-electron chi connectivity index (χ4n) is 4.80. The molecular weight excluding hydrogens is 402 g/mol. The summed E-state index contributed by atoms with van der Waals surface area (Å²) in [6.07, 6.45) is 5.63. The summed E-state index contributed by atoms with van der Waals surface area (Å²) in [5.74, 6) is 0.659. The molecule has 0 unspecified atom stereocenters. The van der Waals surface area contributed by atoms with Crippen LogP contribution in [0.3, 0.4) is 0 Å². The van der Waals surface area contributed by atoms with Crippen molar-refractivity contribution in [3.63, 3.8) is 0 Å². The molecule has 6 nitrogen and oxygen atoms in total. The number of likely N-dealkylation sites (N-methyl/N-ethyl adjacent to an activating group) is 1. The van der Waals surface area contributed by atoms with Gasteiger partial charge in [0.2, 0.25) is 0 Å². The molecule has 0 aliphatic carbocycles. The first-order chi connectivity index (χ1) is 15.6. The van der Waals surface area contributed by atoms with Gasteiger partial charge in [0, 0.05) is 26.2 Å². The van der Waals surface area contributed by atoms with Crippen LogP contribution in [-0.4, -0.2) is 65.5 Å². The minimum Gasteiger partial charge on any atom is -0.497 e. The maximum absolute atomic E-state index is 13.5. The number of carbonyl (C=O) groups excluding carboxylic acids is 2.